The smallest absolute Gasteiger partial charge is 0.217 e. The number of hydrogen-bond donors (Lipinski definition) is 1. The summed E-state index contributed by atoms with van der Waals surface area (Å²) < 4.78 is 0. The molecule has 2 heteroatoms. The van der Waals surface area contributed by atoms with Crippen LogP contribution >= 0.6 is 0 Å². The molecule has 10 heavy (non-hydrogen) atoms. The normalized spacial score (nSPS) is 12.2. The van der Waals surface area contributed by atoms with Crippen molar-refractivity contribution < 1.29 is 4.79 Å². The van der Waals surface area contributed by atoms with E-state index in [1.807, 2.05) is 13.0 Å². The first-order valence-corrected chi connectivity index (χ1v) is 3.54. The number of hydrogen-bond acceptors (Lipinski definition) is 1. The van der Waals surface area contributed by atoms with E-state index in [2.05, 4.69) is 11.9 Å². The van der Waals surface area contributed by atoms with Gasteiger partial charge in [0.1, 0.15) is 0 Å². The number of nitrogens with one attached hydrogen (secondary N) is 1. The molecule has 0 bridgehead atoms. The zero-order valence-corrected chi connectivity index (χ0v) is 6.68. The van der Waals surface area contributed by atoms with Crippen LogP contribution in [0.4, 0.5) is 0 Å². The quantitative estimate of drug-likeness (QED) is 0.590. The zero-order chi connectivity index (χ0) is 7.98. The number of amides is 1. The van der Waals surface area contributed by atoms with Crippen molar-refractivity contribution in [3.8, 4) is 0 Å². The fourth-order valence-corrected chi connectivity index (χ4v) is 0.787. The molecule has 0 aromatic heterocycles. The Morgan fingerprint density at radius 2 is 2.40 bits per heavy atom. The van der Waals surface area contributed by atoms with Crippen molar-refractivity contribution in [3.63, 3.8) is 0 Å². The van der Waals surface area contributed by atoms with Gasteiger partial charge in [-0.05, 0) is 19.8 Å². The Morgan fingerprint density at radius 3 is 2.80 bits per heavy atom. The summed E-state index contributed by atoms with van der Waals surface area (Å²) in [7, 11) is 0. The Labute approximate surface area is 62.3 Å². The van der Waals surface area contributed by atoms with Gasteiger partial charge in [-0.3, -0.25) is 4.79 Å². The summed E-state index contributed by atoms with van der Waals surface area (Å²) in [5, 5.41) is 2.79. The molecule has 0 rings (SSSR count). The first-order valence-electron chi connectivity index (χ1n) is 3.54. The minimum atomic E-state index is 0.0385. The van der Waals surface area contributed by atoms with Crippen molar-refractivity contribution >= 4 is 5.91 Å². The van der Waals surface area contributed by atoms with Crippen LogP contribution in [0, 0.1) is 0 Å². The molecule has 0 saturated heterocycles. The second-order valence-corrected chi connectivity index (χ2v) is 2.47. The molecule has 0 aliphatic carbocycles. The molecule has 58 valence electrons. The SMILES string of the molecule is C=CCCC(C)NC(C)=O. The number of rotatable bonds is 4. The van der Waals surface area contributed by atoms with Gasteiger partial charge in [0.25, 0.3) is 0 Å². The fourth-order valence-electron chi connectivity index (χ4n) is 0.787. The first-order chi connectivity index (χ1) is 4.66. The third-order valence-corrected chi connectivity index (χ3v) is 1.25. The van der Waals surface area contributed by atoms with Gasteiger partial charge in [-0.25, -0.2) is 0 Å². The van der Waals surface area contributed by atoms with E-state index in [1.54, 1.807) is 0 Å². The predicted molar refractivity (Wildman–Crippen MR) is 42.7 cm³/mol. The van der Waals surface area contributed by atoms with E-state index >= 15 is 0 Å². The van der Waals surface area contributed by atoms with E-state index in [9.17, 15) is 4.79 Å². The van der Waals surface area contributed by atoms with Crippen LogP contribution in [0.5, 0.6) is 0 Å². The van der Waals surface area contributed by atoms with Crippen molar-refractivity contribution in [3.05, 3.63) is 12.7 Å². The van der Waals surface area contributed by atoms with Crippen LogP contribution in [0.1, 0.15) is 26.7 Å². The molecule has 2 nitrogen and oxygen atoms in total. The lowest BCUT2D eigenvalue weighted by Gasteiger charge is -2.09. The van der Waals surface area contributed by atoms with Gasteiger partial charge in [-0.2, -0.15) is 0 Å². The van der Waals surface area contributed by atoms with Gasteiger partial charge in [0.15, 0.2) is 0 Å². The lowest BCUT2D eigenvalue weighted by atomic mass is 10.2. The van der Waals surface area contributed by atoms with Crippen LogP contribution in [0.3, 0.4) is 0 Å². The summed E-state index contributed by atoms with van der Waals surface area (Å²) in [6.07, 6.45) is 3.79. The van der Waals surface area contributed by atoms with Gasteiger partial charge in [0, 0.05) is 13.0 Å². The van der Waals surface area contributed by atoms with Crippen molar-refractivity contribution in [1.82, 2.24) is 5.32 Å². The molecule has 0 aliphatic heterocycles. The van der Waals surface area contributed by atoms with E-state index in [0.29, 0.717) is 0 Å². The number of allylic oxidation sites excluding steroid dienone is 1. The molecule has 1 N–H and O–H groups in total. The van der Waals surface area contributed by atoms with E-state index in [4.69, 9.17) is 0 Å². The maximum absolute atomic E-state index is 10.5. The molecule has 0 saturated carbocycles. The highest BCUT2D eigenvalue weighted by Gasteiger charge is 1.99. The number of carbonyl (C=O) groups excluding carboxylic acids is 1. The molecular formula is C8H15NO. The fraction of sp³-hybridized carbons (Fsp3) is 0.625. The second-order valence-electron chi connectivity index (χ2n) is 2.47. The highest BCUT2D eigenvalue weighted by molar-refractivity contribution is 5.73. The minimum Gasteiger partial charge on any atom is -0.354 e. The summed E-state index contributed by atoms with van der Waals surface area (Å²) in [5.41, 5.74) is 0. The lowest BCUT2D eigenvalue weighted by Crippen LogP contribution is -2.29. The van der Waals surface area contributed by atoms with Crippen molar-refractivity contribution in [2.45, 2.75) is 32.7 Å². The average Bonchev–Trinajstić information content (AvgIpc) is 1.82. The van der Waals surface area contributed by atoms with Crippen LogP contribution in [0.15, 0.2) is 12.7 Å². The van der Waals surface area contributed by atoms with Gasteiger partial charge in [0.2, 0.25) is 5.91 Å². The molecule has 1 atom stereocenters. The van der Waals surface area contributed by atoms with Crippen molar-refractivity contribution in [2.75, 3.05) is 0 Å². The van der Waals surface area contributed by atoms with E-state index < -0.39 is 0 Å². The molecule has 0 spiro atoms. The lowest BCUT2D eigenvalue weighted by molar-refractivity contribution is -0.119. The second kappa shape index (κ2) is 5.03. The standard InChI is InChI=1S/C8H15NO/c1-4-5-6-7(2)9-8(3)10/h4,7H,1,5-6H2,2-3H3,(H,9,10). The molecule has 0 aliphatic rings. The molecule has 1 unspecified atom stereocenters. The third kappa shape index (κ3) is 5.35. The maximum atomic E-state index is 10.5. The largest absolute Gasteiger partial charge is 0.354 e. The van der Waals surface area contributed by atoms with Crippen molar-refractivity contribution in [1.29, 1.82) is 0 Å². The van der Waals surface area contributed by atoms with Gasteiger partial charge in [-0.1, -0.05) is 6.08 Å². The van der Waals surface area contributed by atoms with E-state index in [0.717, 1.165) is 12.8 Å². The Morgan fingerprint density at radius 1 is 1.80 bits per heavy atom. The van der Waals surface area contributed by atoms with Crippen LogP contribution in [-0.2, 0) is 4.79 Å². The summed E-state index contributed by atoms with van der Waals surface area (Å²) in [6.45, 7) is 7.12. The van der Waals surface area contributed by atoms with Crippen LogP contribution in [0.25, 0.3) is 0 Å². The van der Waals surface area contributed by atoms with Crippen LogP contribution in [0.2, 0.25) is 0 Å². The summed E-state index contributed by atoms with van der Waals surface area (Å²) >= 11 is 0. The highest BCUT2D eigenvalue weighted by Crippen LogP contribution is 1.95. The van der Waals surface area contributed by atoms with E-state index in [1.165, 1.54) is 6.92 Å². The van der Waals surface area contributed by atoms with Crippen LogP contribution < -0.4 is 5.32 Å². The average molecular weight is 141 g/mol. The molecular weight excluding hydrogens is 126 g/mol. The van der Waals surface area contributed by atoms with Crippen molar-refractivity contribution in [2.24, 2.45) is 0 Å². The molecule has 0 heterocycles. The summed E-state index contributed by atoms with van der Waals surface area (Å²) in [6, 6.07) is 0.274. The maximum Gasteiger partial charge on any atom is 0.217 e. The van der Waals surface area contributed by atoms with Crippen LogP contribution in [-0.4, -0.2) is 11.9 Å². The Hall–Kier alpha value is -0.790. The Balaban J connectivity index is 3.33. The monoisotopic (exact) mass is 141 g/mol. The molecule has 1 amide bonds. The summed E-state index contributed by atoms with van der Waals surface area (Å²) in [5.74, 6) is 0.0385. The Kier molecular flexibility index (Phi) is 4.63. The van der Waals surface area contributed by atoms with Gasteiger partial charge in [-0.15, -0.1) is 6.58 Å². The van der Waals surface area contributed by atoms with Gasteiger partial charge in [0.05, 0.1) is 0 Å². The van der Waals surface area contributed by atoms with Gasteiger partial charge < -0.3 is 5.32 Å². The Bertz CT molecular complexity index is 120. The third-order valence-electron chi connectivity index (χ3n) is 1.25. The molecule has 0 fully saturated rings. The predicted octanol–water partition coefficient (Wildman–Crippen LogP) is 1.48. The molecule has 0 aromatic carbocycles. The first kappa shape index (κ1) is 9.21. The molecule has 0 radical (unpaired) electrons. The van der Waals surface area contributed by atoms with Gasteiger partial charge >= 0.3 is 0 Å². The highest BCUT2D eigenvalue weighted by atomic mass is 16.1. The minimum absolute atomic E-state index is 0.0385. The zero-order valence-electron chi connectivity index (χ0n) is 6.68. The summed E-state index contributed by atoms with van der Waals surface area (Å²) in [4.78, 5) is 10.5. The molecule has 0 aromatic rings. The topological polar surface area (TPSA) is 29.1 Å². The van der Waals surface area contributed by atoms with E-state index in [-0.39, 0.29) is 11.9 Å². The number of carbonyl (C=O) groups is 1.